The molecule has 1 heterocycles. The van der Waals surface area contributed by atoms with E-state index >= 15 is 0 Å². The van der Waals surface area contributed by atoms with E-state index < -0.39 is 5.54 Å². The van der Waals surface area contributed by atoms with Gasteiger partial charge in [-0.2, -0.15) is 0 Å². The Kier molecular flexibility index (Phi) is 5.09. The Balaban J connectivity index is 0.000000202. The van der Waals surface area contributed by atoms with Crippen LogP contribution in [-0.2, 0) is 14.3 Å². The molecule has 0 aromatic rings. The number of ether oxygens (including phenoxy) is 1. The van der Waals surface area contributed by atoms with Gasteiger partial charge in [-0.25, -0.2) is 0 Å². The molecule has 17 heavy (non-hydrogen) atoms. The summed E-state index contributed by atoms with van der Waals surface area (Å²) in [6, 6.07) is 0. The van der Waals surface area contributed by atoms with Crippen LogP contribution in [0.3, 0.4) is 0 Å². The van der Waals surface area contributed by atoms with Crippen LogP contribution < -0.4 is 11.1 Å². The summed E-state index contributed by atoms with van der Waals surface area (Å²) < 4.78 is 4.86. The van der Waals surface area contributed by atoms with Gasteiger partial charge in [-0.1, -0.05) is 12.8 Å². The Labute approximate surface area is 101 Å². The van der Waals surface area contributed by atoms with Crippen LogP contribution in [0.5, 0.6) is 0 Å². The molecule has 0 unspecified atom stereocenters. The summed E-state index contributed by atoms with van der Waals surface area (Å²) in [6.07, 6.45) is 5.07. The summed E-state index contributed by atoms with van der Waals surface area (Å²) in [6.45, 7) is 2.54. The molecule has 0 atom stereocenters. The van der Waals surface area contributed by atoms with Gasteiger partial charge in [0.25, 0.3) is 0 Å². The molecule has 1 amide bonds. The average Bonchev–Trinajstić information content (AvgIpc) is 2.92. The number of nitrogens with zero attached hydrogens (tertiary/aromatic N) is 1. The Morgan fingerprint density at radius 2 is 2.24 bits per heavy atom. The molecule has 2 aliphatic rings. The van der Waals surface area contributed by atoms with Crippen LogP contribution in [0.15, 0.2) is 4.99 Å². The van der Waals surface area contributed by atoms with Crippen molar-refractivity contribution in [3.05, 3.63) is 0 Å². The van der Waals surface area contributed by atoms with Crippen molar-refractivity contribution < 1.29 is 14.3 Å². The number of hydrogen-bond acceptors (Lipinski definition) is 5. The van der Waals surface area contributed by atoms with E-state index in [2.05, 4.69) is 10.3 Å². The largest absolute Gasteiger partial charge is 0.465 e. The summed E-state index contributed by atoms with van der Waals surface area (Å²) in [4.78, 5) is 24.8. The van der Waals surface area contributed by atoms with E-state index in [1.807, 2.05) is 0 Å². The molecular formula is C11H19N3O3. The zero-order valence-corrected chi connectivity index (χ0v) is 10.1. The SMILES string of the molecule is CCOC(=O)C1(N)CCCC1.O=C1CN=CN1. The molecule has 6 nitrogen and oxygen atoms in total. The fourth-order valence-electron chi connectivity index (χ4n) is 1.78. The van der Waals surface area contributed by atoms with Crippen molar-refractivity contribution in [2.75, 3.05) is 13.2 Å². The Bertz CT molecular complexity index is 299. The third kappa shape index (κ3) is 4.14. The van der Waals surface area contributed by atoms with E-state index in [4.69, 9.17) is 10.5 Å². The van der Waals surface area contributed by atoms with Crippen LogP contribution in [0, 0.1) is 0 Å². The van der Waals surface area contributed by atoms with Crippen molar-refractivity contribution >= 4 is 18.2 Å². The van der Waals surface area contributed by atoms with E-state index in [0.29, 0.717) is 13.2 Å². The van der Waals surface area contributed by atoms with Crippen LogP contribution in [0.2, 0.25) is 0 Å². The molecular weight excluding hydrogens is 222 g/mol. The third-order valence-corrected chi connectivity index (χ3v) is 2.73. The van der Waals surface area contributed by atoms with Gasteiger partial charge >= 0.3 is 5.97 Å². The minimum Gasteiger partial charge on any atom is -0.465 e. The van der Waals surface area contributed by atoms with E-state index in [9.17, 15) is 9.59 Å². The maximum absolute atomic E-state index is 11.2. The number of esters is 1. The van der Waals surface area contributed by atoms with Crippen molar-refractivity contribution in [1.82, 2.24) is 5.32 Å². The molecule has 1 aliphatic heterocycles. The standard InChI is InChI=1S/C8H15NO2.C3H4N2O/c1-2-11-7(10)8(9)5-3-4-6-8;6-3-1-4-2-5-3/h2-6,9H2,1H3;2H,1H2,(H,4,5,6). The van der Waals surface area contributed by atoms with Gasteiger partial charge in [0.15, 0.2) is 0 Å². The third-order valence-electron chi connectivity index (χ3n) is 2.73. The van der Waals surface area contributed by atoms with Gasteiger partial charge in [-0.3, -0.25) is 14.6 Å². The predicted octanol–water partition coefficient (Wildman–Crippen LogP) is -0.0345. The topological polar surface area (TPSA) is 93.8 Å². The Morgan fingerprint density at radius 3 is 2.59 bits per heavy atom. The lowest BCUT2D eigenvalue weighted by atomic mass is 10.00. The molecule has 6 heteroatoms. The molecule has 1 aliphatic carbocycles. The molecule has 0 aromatic carbocycles. The lowest BCUT2D eigenvalue weighted by Gasteiger charge is -2.20. The van der Waals surface area contributed by atoms with Gasteiger partial charge in [0, 0.05) is 0 Å². The maximum Gasteiger partial charge on any atom is 0.326 e. The average molecular weight is 241 g/mol. The highest BCUT2D eigenvalue weighted by Crippen LogP contribution is 2.28. The molecule has 1 fully saturated rings. The fraction of sp³-hybridized carbons (Fsp3) is 0.727. The maximum atomic E-state index is 11.2. The highest BCUT2D eigenvalue weighted by atomic mass is 16.5. The minimum atomic E-state index is -0.657. The smallest absolute Gasteiger partial charge is 0.326 e. The van der Waals surface area contributed by atoms with Crippen molar-refractivity contribution in [3.63, 3.8) is 0 Å². The number of nitrogens with one attached hydrogen (secondary N) is 1. The quantitative estimate of drug-likeness (QED) is 0.664. The summed E-state index contributed by atoms with van der Waals surface area (Å²) >= 11 is 0. The van der Waals surface area contributed by atoms with Gasteiger partial charge in [0.05, 0.1) is 12.9 Å². The lowest BCUT2D eigenvalue weighted by molar-refractivity contribution is -0.149. The van der Waals surface area contributed by atoms with Gasteiger partial charge in [-0.15, -0.1) is 0 Å². The molecule has 96 valence electrons. The number of carbonyl (C=O) groups is 2. The molecule has 2 rings (SSSR count). The van der Waals surface area contributed by atoms with Crippen molar-refractivity contribution in [1.29, 1.82) is 0 Å². The summed E-state index contributed by atoms with van der Waals surface area (Å²) in [5, 5.41) is 2.39. The van der Waals surface area contributed by atoms with E-state index in [-0.39, 0.29) is 11.9 Å². The molecule has 0 radical (unpaired) electrons. The minimum absolute atomic E-state index is 0.0185. The van der Waals surface area contributed by atoms with E-state index in [0.717, 1.165) is 25.7 Å². The Hall–Kier alpha value is -1.43. The van der Waals surface area contributed by atoms with Crippen molar-refractivity contribution in [2.45, 2.75) is 38.1 Å². The molecule has 3 N–H and O–H groups in total. The number of hydrogen-bond donors (Lipinski definition) is 2. The first-order chi connectivity index (χ1) is 8.08. The second-order valence-corrected chi connectivity index (χ2v) is 4.12. The first kappa shape index (κ1) is 13.6. The van der Waals surface area contributed by atoms with Crippen molar-refractivity contribution in [2.24, 2.45) is 10.7 Å². The second kappa shape index (κ2) is 6.34. The van der Waals surface area contributed by atoms with Crippen LogP contribution >= 0.6 is 0 Å². The van der Waals surface area contributed by atoms with Gasteiger partial charge < -0.3 is 15.8 Å². The number of aliphatic imine (C=N–C) groups is 1. The number of nitrogens with two attached hydrogens (primary N) is 1. The molecule has 0 saturated heterocycles. The number of carbonyl (C=O) groups excluding carboxylic acids is 2. The first-order valence-corrected chi connectivity index (χ1v) is 5.82. The van der Waals surface area contributed by atoms with Crippen molar-refractivity contribution in [3.8, 4) is 0 Å². The zero-order valence-electron chi connectivity index (χ0n) is 10.1. The molecule has 0 aromatic heterocycles. The van der Waals surface area contributed by atoms with E-state index in [1.165, 1.54) is 6.34 Å². The highest BCUT2D eigenvalue weighted by Gasteiger charge is 2.38. The van der Waals surface area contributed by atoms with Crippen LogP contribution in [-0.4, -0.2) is 36.9 Å². The monoisotopic (exact) mass is 241 g/mol. The predicted molar refractivity (Wildman–Crippen MR) is 63.5 cm³/mol. The molecule has 0 spiro atoms. The zero-order chi connectivity index (χ0) is 12.7. The van der Waals surface area contributed by atoms with Crippen LogP contribution in [0.25, 0.3) is 0 Å². The molecule has 0 bridgehead atoms. The van der Waals surface area contributed by atoms with Crippen LogP contribution in [0.1, 0.15) is 32.6 Å². The summed E-state index contributed by atoms with van der Waals surface area (Å²) in [7, 11) is 0. The fourth-order valence-corrected chi connectivity index (χ4v) is 1.78. The second-order valence-electron chi connectivity index (χ2n) is 4.12. The van der Waals surface area contributed by atoms with Crippen LogP contribution in [0.4, 0.5) is 0 Å². The Morgan fingerprint density at radius 1 is 1.59 bits per heavy atom. The van der Waals surface area contributed by atoms with Gasteiger partial charge in [0.2, 0.25) is 5.91 Å². The molecule has 1 saturated carbocycles. The highest BCUT2D eigenvalue weighted by molar-refractivity contribution is 5.93. The summed E-state index contributed by atoms with van der Waals surface area (Å²) in [5.74, 6) is -0.243. The number of amides is 1. The van der Waals surface area contributed by atoms with Gasteiger partial charge in [-0.05, 0) is 19.8 Å². The number of rotatable bonds is 2. The summed E-state index contributed by atoms with van der Waals surface area (Å²) in [5.41, 5.74) is 5.16. The van der Waals surface area contributed by atoms with Gasteiger partial charge in [0.1, 0.15) is 12.1 Å². The first-order valence-electron chi connectivity index (χ1n) is 5.82. The lowest BCUT2D eigenvalue weighted by Crippen LogP contribution is -2.46. The van der Waals surface area contributed by atoms with E-state index in [1.54, 1.807) is 6.92 Å². The normalized spacial score (nSPS) is 20.5.